The van der Waals surface area contributed by atoms with Crippen molar-refractivity contribution in [2.45, 2.75) is 17.9 Å². The largest absolute Gasteiger partial charge is 0.496 e. The van der Waals surface area contributed by atoms with Crippen molar-refractivity contribution in [3.63, 3.8) is 0 Å². The van der Waals surface area contributed by atoms with Crippen molar-refractivity contribution in [1.82, 2.24) is 0 Å². The van der Waals surface area contributed by atoms with Gasteiger partial charge in [-0.1, -0.05) is 0 Å². The quantitative estimate of drug-likeness (QED) is 0.613. The lowest BCUT2D eigenvalue weighted by Crippen LogP contribution is -2.27. The molecule has 1 unspecified atom stereocenters. The van der Waals surface area contributed by atoms with Gasteiger partial charge in [-0.15, -0.1) is 0 Å². The summed E-state index contributed by atoms with van der Waals surface area (Å²) >= 11 is 0. The summed E-state index contributed by atoms with van der Waals surface area (Å²) in [5.41, 5.74) is 5.44. The minimum Gasteiger partial charge on any atom is -0.496 e. The van der Waals surface area contributed by atoms with Gasteiger partial charge in [-0.2, -0.15) is 0 Å². The third-order valence-electron chi connectivity index (χ3n) is 2.71. The SMILES string of the molecule is COc1cc(CS(=O)(=O)C(C)CN)cc([N+](=O)[O-])c1. The van der Waals surface area contributed by atoms with Crippen LogP contribution < -0.4 is 10.5 Å². The lowest BCUT2D eigenvalue weighted by atomic mass is 10.2. The van der Waals surface area contributed by atoms with Crippen LogP contribution in [0.15, 0.2) is 18.2 Å². The highest BCUT2D eigenvalue weighted by Crippen LogP contribution is 2.24. The molecular weight excluding hydrogens is 272 g/mol. The van der Waals surface area contributed by atoms with Crippen LogP contribution in [0, 0.1) is 10.1 Å². The number of non-ortho nitro benzene ring substituents is 1. The van der Waals surface area contributed by atoms with Gasteiger partial charge in [-0.05, 0) is 18.6 Å². The molecule has 8 heteroatoms. The second-order valence-electron chi connectivity index (χ2n) is 4.15. The first-order chi connectivity index (χ1) is 8.80. The fourth-order valence-electron chi connectivity index (χ4n) is 1.47. The number of nitro groups is 1. The summed E-state index contributed by atoms with van der Waals surface area (Å²) < 4.78 is 28.8. The second kappa shape index (κ2) is 5.98. The average molecular weight is 288 g/mol. The van der Waals surface area contributed by atoms with E-state index in [-0.39, 0.29) is 23.7 Å². The van der Waals surface area contributed by atoms with Crippen molar-refractivity contribution in [2.75, 3.05) is 13.7 Å². The standard InChI is InChI=1S/C11H16N2O5S/c1-8(6-12)19(16,17)7-9-3-10(13(14)15)5-11(4-9)18-2/h3-5,8H,6-7,12H2,1-2H3. The van der Waals surface area contributed by atoms with Gasteiger partial charge in [-0.3, -0.25) is 10.1 Å². The number of nitrogens with zero attached hydrogens (tertiary/aromatic N) is 1. The van der Waals surface area contributed by atoms with Crippen molar-refractivity contribution < 1.29 is 18.1 Å². The Hall–Kier alpha value is -1.67. The van der Waals surface area contributed by atoms with Crippen LogP contribution in [0.25, 0.3) is 0 Å². The lowest BCUT2D eigenvalue weighted by molar-refractivity contribution is -0.385. The summed E-state index contributed by atoms with van der Waals surface area (Å²) in [6.07, 6.45) is 0. The zero-order valence-electron chi connectivity index (χ0n) is 10.7. The molecular formula is C11H16N2O5S. The van der Waals surface area contributed by atoms with Crippen molar-refractivity contribution in [1.29, 1.82) is 0 Å². The van der Waals surface area contributed by atoms with Crippen molar-refractivity contribution in [2.24, 2.45) is 5.73 Å². The van der Waals surface area contributed by atoms with Crippen molar-refractivity contribution in [3.8, 4) is 5.75 Å². The third-order valence-corrected chi connectivity index (χ3v) is 4.86. The lowest BCUT2D eigenvalue weighted by Gasteiger charge is -2.11. The van der Waals surface area contributed by atoms with Crippen LogP contribution in [0.5, 0.6) is 5.75 Å². The number of sulfone groups is 1. The van der Waals surface area contributed by atoms with E-state index in [1.54, 1.807) is 0 Å². The molecule has 0 saturated carbocycles. The molecule has 0 saturated heterocycles. The van der Waals surface area contributed by atoms with E-state index in [0.29, 0.717) is 5.56 Å². The maximum atomic E-state index is 11.9. The number of benzene rings is 1. The van der Waals surface area contributed by atoms with Crippen LogP contribution in [0.2, 0.25) is 0 Å². The summed E-state index contributed by atoms with van der Waals surface area (Å²) in [6.45, 7) is 1.51. The van der Waals surface area contributed by atoms with Gasteiger partial charge in [0.05, 0.1) is 29.1 Å². The molecule has 0 aliphatic carbocycles. The Morgan fingerprint density at radius 2 is 2.05 bits per heavy atom. The first-order valence-electron chi connectivity index (χ1n) is 5.54. The molecule has 2 N–H and O–H groups in total. The molecule has 0 bridgehead atoms. The number of rotatable bonds is 6. The normalized spacial score (nSPS) is 13.0. The molecule has 106 valence electrons. The Morgan fingerprint density at radius 1 is 1.42 bits per heavy atom. The Kier molecular flexibility index (Phi) is 4.84. The topological polar surface area (TPSA) is 113 Å². The summed E-state index contributed by atoms with van der Waals surface area (Å²) in [5.74, 6) is -0.0524. The van der Waals surface area contributed by atoms with Gasteiger partial charge in [0.2, 0.25) is 0 Å². The monoisotopic (exact) mass is 288 g/mol. The van der Waals surface area contributed by atoms with Gasteiger partial charge in [0.15, 0.2) is 9.84 Å². The van der Waals surface area contributed by atoms with Crippen LogP contribution in [0.1, 0.15) is 12.5 Å². The maximum absolute atomic E-state index is 11.9. The Labute approximate surface area is 111 Å². The molecule has 0 aliphatic heterocycles. The van der Waals surface area contributed by atoms with Crippen LogP contribution in [-0.4, -0.2) is 32.2 Å². The van der Waals surface area contributed by atoms with E-state index in [1.807, 2.05) is 0 Å². The van der Waals surface area contributed by atoms with Gasteiger partial charge in [0.25, 0.3) is 5.69 Å². The summed E-state index contributed by atoms with van der Waals surface area (Å²) in [7, 11) is -2.07. The summed E-state index contributed by atoms with van der Waals surface area (Å²) in [6, 6.07) is 3.93. The van der Waals surface area contributed by atoms with Crippen molar-refractivity contribution >= 4 is 15.5 Å². The fourth-order valence-corrected chi connectivity index (χ4v) is 2.68. The van der Waals surface area contributed by atoms with Crippen LogP contribution in [0.3, 0.4) is 0 Å². The van der Waals surface area contributed by atoms with E-state index < -0.39 is 20.0 Å². The van der Waals surface area contributed by atoms with E-state index in [0.717, 1.165) is 0 Å². The molecule has 1 atom stereocenters. The molecule has 0 radical (unpaired) electrons. The fraction of sp³-hybridized carbons (Fsp3) is 0.455. The minimum atomic E-state index is -3.43. The van der Waals surface area contributed by atoms with E-state index in [9.17, 15) is 18.5 Å². The Bertz CT molecular complexity index is 570. The smallest absolute Gasteiger partial charge is 0.273 e. The molecule has 0 amide bonds. The number of nitrogens with two attached hydrogens (primary N) is 1. The Morgan fingerprint density at radius 3 is 2.53 bits per heavy atom. The maximum Gasteiger partial charge on any atom is 0.273 e. The molecule has 1 aromatic carbocycles. The zero-order valence-corrected chi connectivity index (χ0v) is 11.5. The van der Waals surface area contributed by atoms with E-state index in [2.05, 4.69) is 0 Å². The molecule has 1 aromatic rings. The second-order valence-corrected chi connectivity index (χ2v) is 6.57. The van der Waals surface area contributed by atoms with E-state index in [1.165, 1.54) is 32.2 Å². The first kappa shape index (κ1) is 15.4. The van der Waals surface area contributed by atoms with Gasteiger partial charge < -0.3 is 10.5 Å². The highest BCUT2D eigenvalue weighted by molar-refractivity contribution is 7.91. The van der Waals surface area contributed by atoms with Gasteiger partial charge in [0.1, 0.15) is 5.75 Å². The van der Waals surface area contributed by atoms with Crippen molar-refractivity contribution in [3.05, 3.63) is 33.9 Å². The van der Waals surface area contributed by atoms with E-state index >= 15 is 0 Å². The summed E-state index contributed by atoms with van der Waals surface area (Å²) in [5, 5.41) is 10.1. The molecule has 0 aromatic heterocycles. The number of hydrogen-bond acceptors (Lipinski definition) is 6. The molecule has 0 fully saturated rings. The molecule has 0 aliphatic rings. The number of ether oxygens (including phenoxy) is 1. The minimum absolute atomic E-state index is 0.00833. The molecule has 0 heterocycles. The first-order valence-corrected chi connectivity index (χ1v) is 7.25. The van der Waals surface area contributed by atoms with Gasteiger partial charge >= 0.3 is 0 Å². The molecule has 0 spiro atoms. The van der Waals surface area contributed by atoms with Crippen LogP contribution in [-0.2, 0) is 15.6 Å². The highest BCUT2D eigenvalue weighted by Gasteiger charge is 2.21. The summed E-state index contributed by atoms with van der Waals surface area (Å²) in [4.78, 5) is 10.2. The van der Waals surface area contributed by atoms with Crippen LogP contribution in [0.4, 0.5) is 5.69 Å². The molecule has 19 heavy (non-hydrogen) atoms. The number of nitro benzene ring substituents is 1. The number of methoxy groups -OCH3 is 1. The highest BCUT2D eigenvalue weighted by atomic mass is 32.2. The third kappa shape index (κ3) is 3.90. The molecule has 1 rings (SSSR count). The Balaban J connectivity index is 3.14. The average Bonchev–Trinajstić information content (AvgIpc) is 2.36. The predicted molar refractivity (Wildman–Crippen MR) is 70.8 cm³/mol. The van der Waals surface area contributed by atoms with Crippen LogP contribution >= 0.6 is 0 Å². The number of hydrogen-bond donors (Lipinski definition) is 1. The van der Waals surface area contributed by atoms with Gasteiger partial charge in [0, 0.05) is 12.6 Å². The predicted octanol–water partition coefficient (Wildman–Crippen LogP) is 0.865. The van der Waals surface area contributed by atoms with Gasteiger partial charge in [-0.25, -0.2) is 8.42 Å². The molecule has 7 nitrogen and oxygen atoms in total. The zero-order chi connectivity index (χ0) is 14.6. The van der Waals surface area contributed by atoms with E-state index in [4.69, 9.17) is 10.5 Å².